The molecule has 0 spiro atoms. The highest BCUT2D eigenvalue weighted by molar-refractivity contribution is 5.85. The van der Waals surface area contributed by atoms with Gasteiger partial charge in [0.1, 0.15) is 17.6 Å². The Morgan fingerprint density at radius 1 is 1.28 bits per heavy atom. The molecule has 1 atom stereocenters. The number of ether oxygens (including phenoxy) is 2. The molecule has 0 unspecified atom stereocenters. The van der Waals surface area contributed by atoms with E-state index in [-0.39, 0.29) is 6.10 Å². The van der Waals surface area contributed by atoms with Crippen LogP contribution in [-0.2, 0) is 4.74 Å². The van der Waals surface area contributed by atoms with Crippen LogP contribution < -0.4 is 9.64 Å². The maximum Gasteiger partial charge on any atom is 0.138 e. The third-order valence-electron chi connectivity index (χ3n) is 5.67. The lowest BCUT2D eigenvalue weighted by Gasteiger charge is -2.33. The summed E-state index contributed by atoms with van der Waals surface area (Å²) in [5.74, 6) is 1.65. The normalized spacial score (nSPS) is 16.5. The number of aromatic nitrogens is 3. The summed E-state index contributed by atoms with van der Waals surface area (Å²) in [4.78, 5) is 9.18. The van der Waals surface area contributed by atoms with Gasteiger partial charge in [-0.1, -0.05) is 0 Å². The first-order valence-corrected chi connectivity index (χ1v) is 11.1. The van der Waals surface area contributed by atoms with Gasteiger partial charge >= 0.3 is 0 Å². The van der Waals surface area contributed by atoms with Crippen LogP contribution in [0.3, 0.4) is 0 Å². The minimum absolute atomic E-state index is 0.234. The standard InChI is InChI=1S/C24H30N6O2/c1-4-31-21-12-22(24-19(13-25)15-27-30(24)17-21)18-7-8-23(26-14-18)29-9-5-6-20(16-29)32-11-10-28(2)3/h7-8,12,14-15,17,20H,4-6,9-11,16H2,1-3H3/t20-/m1/s1. The van der Waals surface area contributed by atoms with Crippen LogP contribution in [-0.4, -0.2) is 72.5 Å². The summed E-state index contributed by atoms with van der Waals surface area (Å²) < 4.78 is 13.5. The number of piperidine rings is 1. The van der Waals surface area contributed by atoms with E-state index < -0.39 is 0 Å². The molecule has 1 aliphatic heterocycles. The van der Waals surface area contributed by atoms with Gasteiger partial charge in [0, 0.05) is 37.0 Å². The molecule has 3 aromatic heterocycles. The SMILES string of the molecule is CCOc1cc(-c2ccc(N3CCC[C@@H](OCCN(C)C)C3)nc2)c2c(C#N)cnn2c1. The number of pyridine rings is 2. The van der Waals surface area contributed by atoms with E-state index in [9.17, 15) is 5.26 Å². The maximum atomic E-state index is 9.53. The van der Waals surface area contributed by atoms with Crippen LogP contribution in [0.5, 0.6) is 5.75 Å². The van der Waals surface area contributed by atoms with Gasteiger partial charge in [-0.25, -0.2) is 9.50 Å². The van der Waals surface area contributed by atoms with Crippen LogP contribution >= 0.6 is 0 Å². The smallest absolute Gasteiger partial charge is 0.138 e. The number of hydrogen-bond acceptors (Lipinski definition) is 7. The highest BCUT2D eigenvalue weighted by atomic mass is 16.5. The van der Waals surface area contributed by atoms with Gasteiger partial charge < -0.3 is 19.3 Å². The van der Waals surface area contributed by atoms with Gasteiger partial charge in [-0.05, 0) is 52.1 Å². The third-order valence-corrected chi connectivity index (χ3v) is 5.67. The second-order valence-electron chi connectivity index (χ2n) is 8.28. The summed E-state index contributed by atoms with van der Waals surface area (Å²) in [5.41, 5.74) is 3.10. The van der Waals surface area contributed by atoms with Crippen LogP contribution in [0.15, 0.2) is 36.8 Å². The number of fused-ring (bicyclic) bond motifs is 1. The lowest BCUT2D eigenvalue weighted by molar-refractivity contribution is 0.0354. The summed E-state index contributed by atoms with van der Waals surface area (Å²) in [6.45, 7) is 6.01. The Labute approximate surface area is 189 Å². The zero-order valence-corrected chi connectivity index (χ0v) is 19.0. The highest BCUT2D eigenvalue weighted by Crippen LogP contribution is 2.31. The van der Waals surface area contributed by atoms with Gasteiger partial charge in [-0.3, -0.25) is 0 Å². The van der Waals surface area contributed by atoms with Crippen molar-refractivity contribution in [1.29, 1.82) is 5.26 Å². The predicted molar refractivity (Wildman–Crippen MR) is 124 cm³/mol. The van der Waals surface area contributed by atoms with Crippen LogP contribution in [0.25, 0.3) is 16.6 Å². The van der Waals surface area contributed by atoms with Crippen molar-refractivity contribution in [2.24, 2.45) is 0 Å². The lowest BCUT2D eigenvalue weighted by Crippen LogP contribution is -2.40. The fraction of sp³-hybridized carbons (Fsp3) is 0.458. The van der Waals surface area contributed by atoms with Crippen LogP contribution in [0.1, 0.15) is 25.3 Å². The van der Waals surface area contributed by atoms with Crippen LogP contribution in [0.4, 0.5) is 5.82 Å². The van der Waals surface area contributed by atoms with Gasteiger partial charge in [-0.2, -0.15) is 10.4 Å². The number of likely N-dealkylation sites (N-methyl/N-ethyl adjacent to an activating group) is 1. The first-order chi connectivity index (χ1) is 15.6. The van der Waals surface area contributed by atoms with Crippen molar-refractivity contribution in [3.8, 4) is 22.9 Å². The minimum Gasteiger partial charge on any atom is -0.492 e. The molecular weight excluding hydrogens is 404 g/mol. The molecule has 4 rings (SSSR count). The molecule has 1 fully saturated rings. The first-order valence-electron chi connectivity index (χ1n) is 11.1. The van der Waals surface area contributed by atoms with Crippen molar-refractivity contribution in [3.05, 3.63) is 42.4 Å². The van der Waals surface area contributed by atoms with E-state index in [1.807, 2.05) is 25.3 Å². The van der Waals surface area contributed by atoms with Crippen LogP contribution in [0, 0.1) is 11.3 Å². The Hall–Kier alpha value is -3.15. The van der Waals surface area contributed by atoms with Gasteiger partial charge in [0.15, 0.2) is 0 Å². The number of nitrogens with zero attached hydrogens (tertiary/aromatic N) is 6. The molecule has 0 N–H and O–H groups in total. The maximum absolute atomic E-state index is 9.53. The Morgan fingerprint density at radius 2 is 2.16 bits per heavy atom. The molecule has 0 amide bonds. The summed E-state index contributed by atoms with van der Waals surface area (Å²) >= 11 is 0. The molecule has 3 aromatic rings. The van der Waals surface area contributed by atoms with Gasteiger partial charge in [-0.15, -0.1) is 0 Å². The Morgan fingerprint density at radius 3 is 2.88 bits per heavy atom. The minimum atomic E-state index is 0.234. The predicted octanol–water partition coefficient (Wildman–Crippen LogP) is 3.21. The summed E-state index contributed by atoms with van der Waals surface area (Å²) in [7, 11) is 4.12. The first kappa shape index (κ1) is 22.1. The van der Waals surface area contributed by atoms with E-state index in [0.717, 1.165) is 61.5 Å². The van der Waals surface area contributed by atoms with Crippen molar-refractivity contribution in [2.75, 3.05) is 51.8 Å². The molecule has 0 bridgehead atoms. The lowest BCUT2D eigenvalue weighted by atomic mass is 10.0. The van der Waals surface area contributed by atoms with E-state index in [0.29, 0.717) is 17.9 Å². The second kappa shape index (κ2) is 9.98. The fourth-order valence-electron chi connectivity index (χ4n) is 4.06. The van der Waals surface area contributed by atoms with E-state index in [1.54, 1.807) is 16.9 Å². The molecule has 0 radical (unpaired) electrons. The zero-order valence-electron chi connectivity index (χ0n) is 19.0. The second-order valence-corrected chi connectivity index (χ2v) is 8.28. The molecule has 0 aliphatic carbocycles. The molecular formula is C24H30N6O2. The van der Waals surface area contributed by atoms with Gasteiger partial charge in [0.25, 0.3) is 0 Å². The Kier molecular flexibility index (Phi) is 6.88. The number of nitriles is 1. The Bertz CT molecular complexity index is 1090. The summed E-state index contributed by atoms with van der Waals surface area (Å²) in [6.07, 6.45) is 7.66. The van der Waals surface area contributed by atoms with Crippen molar-refractivity contribution in [3.63, 3.8) is 0 Å². The summed E-state index contributed by atoms with van der Waals surface area (Å²) in [5, 5.41) is 13.8. The fourth-order valence-corrected chi connectivity index (χ4v) is 4.06. The quantitative estimate of drug-likeness (QED) is 0.539. The topological polar surface area (TPSA) is 78.9 Å². The molecule has 8 heteroatoms. The van der Waals surface area contributed by atoms with Crippen molar-refractivity contribution < 1.29 is 9.47 Å². The molecule has 4 heterocycles. The van der Waals surface area contributed by atoms with E-state index in [1.165, 1.54) is 0 Å². The number of anilines is 1. The Balaban J connectivity index is 1.55. The van der Waals surface area contributed by atoms with E-state index >= 15 is 0 Å². The van der Waals surface area contributed by atoms with E-state index in [2.05, 4.69) is 41.1 Å². The average molecular weight is 435 g/mol. The van der Waals surface area contributed by atoms with Gasteiger partial charge in [0.2, 0.25) is 0 Å². The molecule has 168 valence electrons. The third kappa shape index (κ3) is 4.85. The van der Waals surface area contributed by atoms with Crippen molar-refractivity contribution >= 4 is 11.3 Å². The zero-order chi connectivity index (χ0) is 22.5. The molecule has 0 saturated carbocycles. The molecule has 32 heavy (non-hydrogen) atoms. The average Bonchev–Trinajstić information content (AvgIpc) is 3.22. The summed E-state index contributed by atoms with van der Waals surface area (Å²) in [6, 6.07) is 8.28. The molecule has 1 saturated heterocycles. The molecule has 8 nitrogen and oxygen atoms in total. The molecule has 0 aromatic carbocycles. The largest absolute Gasteiger partial charge is 0.492 e. The monoisotopic (exact) mass is 434 g/mol. The van der Waals surface area contributed by atoms with Crippen molar-refractivity contribution in [1.82, 2.24) is 19.5 Å². The highest BCUT2D eigenvalue weighted by Gasteiger charge is 2.22. The van der Waals surface area contributed by atoms with Crippen LogP contribution in [0.2, 0.25) is 0 Å². The number of rotatable bonds is 8. The van der Waals surface area contributed by atoms with Gasteiger partial charge in [0.05, 0.1) is 42.8 Å². The number of hydrogen-bond donors (Lipinski definition) is 0. The molecule has 1 aliphatic rings. The van der Waals surface area contributed by atoms with Crippen molar-refractivity contribution in [2.45, 2.75) is 25.9 Å². The van der Waals surface area contributed by atoms with E-state index in [4.69, 9.17) is 14.5 Å².